The molecule has 0 bridgehead atoms. The maximum Gasteiger partial charge on any atom is 0.408 e. The van der Waals surface area contributed by atoms with Gasteiger partial charge < -0.3 is 29.0 Å². The quantitative estimate of drug-likeness (QED) is 0.404. The predicted molar refractivity (Wildman–Crippen MR) is 118 cm³/mol. The van der Waals surface area contributed by atoms with Crippen LogP contribution in [0, 0.1) is 0 Å². The van der Waals surface area contributed by atoms with Gasteiger partial charge in [-0.1, -0.05) is 12.1 Å². The molecule has 1 aromatic carbocycles. The molecule has 31 heavy (non-hydrogen) atoms. The molecule has 1 fully saturated rings. The molecule has 1 heterocycles. The average molecular weight is 502 g/mol. The molecule has 1 saturated heterocycles. The minimum absolute atomic E-state index is 0.174. The van der Waals surface area contributed by atoms with E-state index in [-0.39, 0.29) is 12.7 Å². The lowest BCUT2D eigenvalue weighted by molar-refractivity contribution is -0.165. The Morgan fingerprint density at radius 2 is 2.03 bits per heavy atom. The number of benzene rings is 1. The van der Waals surface area contributed by atoms with E-state index in [0.29, 0.717) is 19.0 Å². The van der Waals surface area contributed by atoms with Crippen LogP contribution in [0.5, 0.6) is 5.75 Å². The molecule has 0 aromatic heterocycles. The molecule has 1 aliphatic heterocycles. The zero-order valence-corrected chi connectivity index (χ0v) is 20.2. The summed E-state index contributed by atoms with van der Waals surface area (Å²) >= 11 is 3.49. The molecule has 0 radical (unpaired) electrons. The summed E-state index contributed by atoms with van der Waals surface area (Å²) in [5, 5.41) is 2.58. The molecule has 1 unspecified atom stereocenters. The highest BCUT2D eigenvalue weighted by Crippen LogP contribution is 2.30. The van der Waals surface area contributed by atoms with Crippen molar-refractivity contribution in [2.24, 2.45) is 0 Å². The van der Waals surface area contributed by atoms with Crippen LogP contribution in [0.25, 0.3) is 0 Å². The molecular formula is C22H32BrNO7. The fourth-order valence-electron chi connectivity index (χ4n) is 3.05. The van der Waals surface area contributed by atoms with Crippen LogP contribution in [0.3, 0.4) is 0 Å². The Hall–Kier alpha value is -1.84. The number of hydrogen-bond acceptors (Lipinski definition) is 7. The number of nitrogens with one attached hydrogen (secondary N) is 1. The molecule has 0 aliphatic carbocycles. The van der Waals surface area contributed by atoms with Crippen molar-refractivity contribution in [3.63, 3.8) is 0 Å². The highest BCUT2D eigenvalue weighted by atomic mass is 79.9. The van der Waals surface area contributed by atoms with E-state index in [4.69, 9.17) is 23.7 Å². The van der Waals surface area contributed by atoms with Crippen molar-refractivity contribution in [2.45, 2.75) is 64.4 Å². The van der Waals surface area contributed by atoms with Crippen LogP contribution in [0.4, 0.5) is 4.79 Å². The van der Waals surface area contributed by atoms with Crippen LogP contribution >= 0.6 is 15.9 Å². The topological polar surface area (TPSA) is 92.3 Å². The summed E-state index contributed by atoms with van der Waals surface area (Å²) in [6, 6.07) is 4.58. The zero-order valence-electron chi connectivity index (χ0n) is 18.6. The van der Waals surface area contributed by atoms with Gasteiger partial charge in [0, 0.05) is 13.0 Å². The first-order valence-corrected chi connectivity index (χ1v) is 11.2. The summed E-state index contributed by atoms with van der Waals surface area (Å²) in [7, 11) is 1.27. The Balaban J connectivity index is 2.01. The first kappa shape index (κ1) is 25.4. The second kappa shape index (κ2) is 12.3. The van der Waals surface area contributed by atoms with Gasteiger partial charge in [-0.2, -0.15) is 0 Å². The molecule has 1 aliphatic rings. The molecule has 2 atom stereocenters. The van der Waals surface area contributed by atoms with Gasteiger partial charge in [-0.05, 0) is 67.6 Å². The van der Waals surface area contributed by atoms with E-state index in [1.165, 1.54) is 7.11 Å². The van der Waals surface area contributed by atoms with Crippen molar-refractivity contribution in [1.82, 2.24) is 5.32 Å². The number of ether oxygens (including phenoxy) is 5. The van der Waals surface area contributed by atoms with E-state index >= 15 is 0 Å². The van der Waals surface area contributed by atoms with Crippen LogP contribution in [0.1, 0.15) is 45.6 Å². The Kier molecular flexibility index (Phi) is 10.1. The minimum atomic E-state index is -0.927. The lowest BCUT2D eigenvalue weighted by Gasteiger charge is -2.24. The first-order chi connectivity index (χ1) is 14.7. The highest BCUT2D eigenvalue weighted by molar-refractivity contribution is 9.10. The van der Waals surface area contributed by atoms with Crippen molar-refractivity contribution < 1.29 is 33.3 Å². The number of rotatable bonds is 9. The fraction of sp³-hybridized carbons (Fsp3) is 0.636. The molecule has 1 amide bonds. The summed E-state index contributed by atoms with van der Waals surface area (Å²) in [6.07, 6.45) is 2.35. The number of halogens is 1. The third-order valence-electron chi connectivity index (χ3n) is 4.42. The Morgan fingerprint density at radius 3 is 2.68 bits per heavy atom. The van der Waals surface area contributed by atoms with Crippen LogP contribution in [-0.2, 0) is 30.2 Å². The Bertz CT molecular complexity index is 729. The number of hydrogen-bond donors (Lipinski definition) is 1. The number of amides is 1. The van der Waals surface area contributed by atoms with Gasteiger partial charge in [0.25, 0.3) is 0 Å². The van der Waals surface area contributed by atoms with Gasteiger partial charge in [0.05, 0.1) is 18.2 Å². The summed E-state index contributed by atoms with van der Waals surface area (Å²) in [5.41, 5.74) is 0.0476. The van der Waals surface area contributed by atoms with Crippen LogP contribution in [0.15, 0.2) is 22.7 Å². The Labute approximate surface area is 192 Å². The normalized spacial score (nSPS) is 17.5. The van der Waals surface area contributed by atoms with Crippen LogP contribution < -0.4 is 10.1 Å². The third-order valence-corrected chi connectivity index (χ3v) is 5.05. The largest absolute Gasteiger partial charge is 0.490 e. The molecule has 1 aromatic rings. The van der Waals surface area contributed by atoms with Gasteiger partial charge in [-0.25, -0.2) is 9.59 Å². The number of esters is 1. The van der Waals surface area contributed by atoms with Gasteiger partial charge in [-0.3, -0.25) is 0 Å². The monoisotopic (exact) mass is 501 g/mol. The van der Waals surface area contributed by atoms with Crippen LogP contribution in [0.2, 0.25) is 0 Å². The second-order valence-electron chi connectivity index (χ2n) is 8.17. The number of carbonyl (C=O) groups excluding carboxylic acids is 2. The summed E-state index contributed by atoms with van der Waals surface area (Å²) in [4.78, 5) is 24.5. The maximum absolute atomic E-state index is 12.3. The Morgan fingerprint density at radius 1 is 1.26 bits per heavy atom. The smallest absolute Gasteiger partial charge is 0.408 e. The first-order valence-electron chi connectivity index (χ1n) is 10.4. The van der Waals surface area contributed by atoms with Gasteiger partial charge >= 0.3 is 12.1 Å². The lowest BCUT2D eigenvalue weighted by Crippen LogP contribution is -2.45. The number of methoxy groups -OCH3 is 1. The summed E-state index contributed by atoms with van der Waals surface area (Å²) in [6.45, 7) is 6.67. The third kappa shape index (κ3) is 9.04. The van der Waals surface area contributed by atoms with E-state index in [0.717, 1.165) is 35.9 Å². The summed E-state index contributed by atoms with van der Waals surface area (Å²) < 4.78 is 28.1. The molecular weight excluding hydrogens is 470 g/mol. The van der Waals surface area contributed by atoms with Crippen molar-refractivity contribution >= 4 is 28.0 Å². The molecule has 174 valence electrons. The molecule has 2 rings (SSSR count). The van der Waals surface area contributed by atoms with E-state index < -0.39 is 23.7 Å². The van der Waals surface area contributed by atoms with Gasteiger partial charge in [-0.15, -0.1) is 0 Å². The number of para-hydroxylation sites is 1. The van der Waals surface area contributed by atoms with Crippen LogP contribution in [-0.4, -0.2) is 56.9 Å². The van der Waals surface area contributed by atoms with E-state index in [1.807, 2.05) is 18.2 Å². The van der Waals surface area contributed by atoms with Gasteiger partial charge in [0.1, 0.15) is 24.0 Å². The number of carbonyl (C=O) groups is 2. The molecule has 0 saturated carbocycles. The predicted octanol–water partition coefficient (Wildman–Crippen LogP) is 3.98. The highest BCUT2D eigenvalue weighted by Gasteiger charge is 2.27. The SMILES string of the molecule is COC(=O)[C@@H](Cc1cccc(Br)c1OCCOC1CCCCO1)NC(=O)OC(C)(C)C. The van der Waals surface area contributed by atoms with E-state index in [9.17, 15) is 9.59 Å². The van der Waals surface area contributed by atoms with Crippen molar-refractivity contribution in [3.05, 3.63) is 28.2 Å². The minimum Gasteiger partial charge on any atom is -0.490 e. The second-order valence-corrected chi connectivity index (χ2v) is 9.02. The maximum atomic E-state index is 12.3. The van der Waals surface area contributed by atoms with Gasteiger partial charge in [0.15, 0.2) is 6.29 Å². The molecule has 0 spiro atoms. The summed E-state index contributed by atoms with van der Waals surface area (Å²) in [5.74, 6) is 0.00474. The standard InChI is InChI=1S/C22H32BrNO7/c1-22(2,3)31-21(26)24-17(20(25)27-4)14-15-8-7-9-16(23)19(15)30-13-12-29-18-10-5-6-11-28-18/h7-9,17-18H,5-6,10-14H2,1-4H3,(H,24,26)/t17-,18?/m1/s1. The molecule has 1 N–H and O–H groups in total. The van der Waals surface area contributed by atoms with Crippen molar-refractivity contribution in [1.29, 1.82) is 0 Å². The van der Waals surface area contributed by atoms with Crippen molar-refractivity contribution in [2.75, 3.05) is 26.9 Å². The van der Waals surface area contributed by atoms with Crippen molar-refractivity contribution in [3.8, 4) is 5.75 Å². The van der Waals surface area contributed by atoms with Gasteiger partial charge in [0.2, 0.25) is 0 Å². The van der Waals surface area contributed by atoms with E-state index in [2.05, 4.69) is 21.2 Å². The average Bonchev–Trinajstić information content (AvgIpc) is 2.71. The molecule has 9 heteroatoms. The fourth-order valence-corrected chi connectivity index (χ4v) is 3.57. The lowest BCUT2D eigenvalue weighted by atomic mass is 10.0. The molecule has 8 nitrogen and oxygen atoms in total. The number of alkyl carbamates (subject to hydrolysis) is 1. The van der Waals surface area contributed by atoms with E-state index in [1.54, 1.807) is 20.8 Å². The zero-order chi connectivity index (χ0) is 22.9.